The Morgan fingerprint density at radius 1 is 1.00 bits per heavy atom. The zero-order valence-electron chi connectivity index (χ0n) is 15.1. The molecule has 1 aromatic heterocycles. The quantitative estimate of drug-likeness (QED) is 0.531. The van der Waals surface area contributed by atoms with Gasteiger partial charge in [-0.2, -0.15) is 0 Å². The molecule has 0 saturated carbocycles. The molecule has 0 bridgehead atoms. The van der Waals surface area contributed by atoms with E-state index in [1.807, 2.05) is 4.90 Å². The molecule has 2 aromatic carbocycles. The minimum Gasteiger partial charge on any atom is -0.365 e. The van der Waals surface area contributed by atoms with Crippen molar-refractivity contribution in [3.8, 4) is 0 Å². The molecule has 0 saturated heterocycles. The van der Waals surface area contributed by atoms with Crippen LogP contribution in [0.25, 0.3) is 0 Å². The minimum absolute atomic E-state index is 0.126. The molecule has 8 heteroatoms. The second-order valence-corrected chi connectivity index (χ2v) is 6.76. The van der Waals surface area contributed by atoms with E-state index in [1.54, 1.807) is 18.2 Å². The summed E-state index contributed by atoms with van der Waals surface area (Å²) in [6.07, 6.45) is 2.13. The van der Waals surface area contributed by atoms with E-state index < -0.39 is 29.2 Å². The standard InChI is InChI=1S/C21H15F4N3O/c22-14-1-2-17-13(19(14)21(26)29)4-6-28(17)18-10-11(3-5-27-18)7-12-8-15(23)20(25)16(24)9-12/h1-3,5,8-10H,4,6-7H2,(H2,26,29). The lowest BCUT2D eigenvalue weighted by atomic mass is 10.0. The molecule has 2 N–H and O–H groups in total. The van der Waals surface area contributed by atoms with Gasteiger partial charge in [-0.05, 0) is 65.9 Å². The van der Waals surface area contributed by atoms with Crippen LogP contribution >= 0.6 is 0 Å². The SMILES string of the molecule is NC(=O)c1c(F)ccc2c1CCN2c1cc(Cc2cc(F)c(F)c(F)c2)ccn1. The van der Waals surface area contributed by atoms with Gasteiger partial charge in [0.2, 0.25) is 0 Å². The largest absolute Gasteiger partial charge is 0.365 e. The number of nitrogens with zero attached hydrogens (tertiary/aromatic N) is 2. The number of halogens is 4. The number of rotatable bonds is 4. The molecule has 0 aliphatic carbocycles. The van der Waals surface area contributed by atoms with E-state index in [4.69, 9.17) is 5.73 Å². The lowest BCUT2D eigenvalue weighted by molar-refractivity contribution is 0.0995. The van der Waals surface area contributed by atoms with E-state index in [9.17, 15) is 22.4 Å². The summed E-state index contributed by atoms with van der Waals surface area (Å²) in [6, 6.07) is 8.05. The van der Waals surface area contributed by atoms with Gasteiger partial charge >= 0.3 is 0 Å². The Morgan fingerprint density at radius 3 is 2.41 bits per heavy atom. The van der Waals surface area contributed by atoms with Crippen LogP contribution in [0.2, 0.25) is 0 Å². The Morgan fingerprint density at radius 2 is 1.72 bits per heavy atom. The molecule has 0 atom stereocenters. The Labute approximate surface area is 163 Å². The zero-order chi connectivity index (χ0) is 20.7. The summed E-state index contributed by atoms with van der Waals surface area (Å²) in [4.78, 5) is 17.8. The van der Waals surface area contributed by atoms with Gasteiger partial charge in [0.1, 0.15) is 11.6 Å². The van der Waals surface area contributed by atoms with Crippen LogP contribution in [0, 0.1) is 23.3 Å². The fraction of sp³-hybridized carbons (Fsp3) is 0.143. The zero-order valence-corrected chi connectivity index (χ0v) is 15.1. The van der Waals surface area contributed by atoms with E-state index in [2.05, 4.69) is 4.98 Å². The number of hydrogen-bond acceptors (Lipinski definition) is 3. The highest BCUT2D eigenvalue weighted by molar-refractivity contribution is 5.97. The molecule has 1 amide bonds. The maximum Gasteiger partial charge on any atom is 0.252 e. The Bertz CT molecular complexity index is 1110. The molecule has 3 aromatic rings. The van der Waals surface area contributed by atoms with Crippen molar-refractivity contribution in [3.05, 3.63) is 88.1 Å². The maximum atomic E-state index is 14.0. The number of nitrogens with two attached hydrogens (primary N) is 1. The first-order chi connectivity index (χ1) is 13.8. The number of pyridine rings is 1. The van der Waals surface area contributed by atoms with Crippen LogP contribution in [-0.4, -0.2) is 17.4 Å². The van der Waals surface area contributed by atoms with Gasteiger partial charge in [-0.15, -0.1) is 0 Å². The number of aromatic nitrogens is 1. The van der Waals surface area contributed by atoms with Crippen molar-refractivity contribution in [2.45, 2.75) is 12.8 Å². The highest BCUT2D eigenvalue weighted by atomic mass is 19.2. The Kier molecular flexibility index (Phi) is 4.70. The molecule has 0 spiro atoms. The molecule has 2 heterocycles. The third-order valence-electron chi connectivity index (χ3n) is 4.90. The number of amides is 1. The lowest BCUT2D eigenvalue weighted by Gasteiger charge is -2.19. The van der Waals surface area contributed by atoms with E-state index in [-0.39, 0.29) is 17.5 Å². The van der Waals surface area contributed by atoms with Crippen LogP contribution in [0.4, 0.5) is 29.1 Å². The number of anilines is 2. The van der Waals surface area contributed by atoms with Gasteiger partial charge in [0.15, 0.2) is 17.5 Å². The summed E-state index contributed by atoms with van der Waals surface area (Å²) < 4.78 is 54.1. The summed E-state index contributed by atoms with van der Waals surface area (Å²) in [7, 11) is 0. The third-order valence-corrected chi connectivity index (χ3v) is 4.90. The van der Waals surface area contributed by atoms with Gasteiger partial charge in [0, 0.05) is 18.4 Å². The molecule has 29 heavy (non-hydrogen) atoms. The highest BCUT2D eigenvalue weighted by Gasteiger charge is 2.27. The summed E-state index contributed by atoms with van der Waals surface area (Å²) >= 11 is 0. The van der Waals surface area contributed by atoms with Crippen molar-refractivity contribution < 1.29 is 22.4 Å². The molecule has 0 unspecified atom stereocenters. The first-order valence-corrected chi connectivity index (χ1v) is 8.82. The third kappa shape index (κ3) is 3.41. The van der Waals surface area contributed by atoms with E-state index in [1.165, 1.54) is 12.3 Å². The van der Waals surface area contributed by atoms with Crippen molar-refractivity contribution in [2.24, 2.45) is 5.73 Å². The second kappa shape index (κ2) is 7.20. The van der Waals surface area contributed by atoms with E-state index in [0.29, 0.717) is 35.6 Å². The van der Waals surface area contributed by atoms with Crippen LogP contribution in [0.5, 0.6) is 0 Å². The summed E-state index contributed by atoms with van der Waals surface area (Å²) in [5.74, 6) is -4.96. The minimum atomic E-state index is -1.50. The maximum absolute atomic E-state index is 14.0. The summed E-state index contributed by atoms with van der Waals surface area (Å²) in [6.45, 7) is 0.468. The average molecular weight is 401 g/mol. The highest BCUT2D eigenvalue weighted by Crippen LogP contribution is 2.36. The van der Waals surface area contributed by atoms with Crippen LogP contribution in [-0.2, 0) is 12.8 Å². The van der Waals surface area contributed by atoms with Crippen LogP contribution in [0.15, 0.2) is 42.6 Å². The van der Waals surface area contributed by atoms with Crippen molar-refractivity contribution in [1.82, 2.24) is 4.98 Å². The number of hydrogen-bond donors (Lipinski definition) is 1. The van der Waals surface area contributed by atoms with Crippen molar-refractivity contribution >= 4 is 17.4 Å². The number of primary amides is 1. The lowest BCUT2D eigenvalue weighted by Crippen LogP contribution is -2.16. The summed E-state index contributed by atoms with van der Waals surface area (Å²) in [5, 5.41) is 0. The predicted octanol–water partition coefficient (Wildman–Crippen LogP) is 4.02. The monoisotopic (exact) mass is 401 g/mol. The van der Waals surface area contributed by atoms with Gasteiger partial charge in [-0.1, -0.05) is 0 Å². The molecule has 1 aliphatic heterocycles. The number of fused-ring (bicyclic) bond motifs is 1. The smallest absolute Gasteiger partial charge is 0.252 e. The molecule has 0 radical (unpaired) electrons. The molecule has 4 rings (SSSR count). The Hall–Kier alpha value is -3.42. The van der Waals surface area contributed by atoms with Crippen molar-refractivity contribution in [3.63, 3.8) is 0 Å². The molecular formula is C21H15F4N3O. The van der Waals surface area contributed by atoms with Crippen molar-refractivity contribution in [1.29, 1.82) is 0 Å². The van der Waals surface area contributed by atoms with Gasteiger partial charge in [-0.25, -0.2) is 22.5 Å². The number of carbonyl (C=O) groups is 1. The van der Waals surface area contributed by atoms with Crippen LogP contribution in [0.3, 0.4) is 0 Å². The first kappa shape index (κ1) is 18.9. The fourth-order valence-corrected chi connectivity index (χ4v) is 3.63. The van der Waals surface area contributed by atoms with Crippen molar-refractivity contribution in [2.75, 3.05) is 11.4 Å². The predicted molar refractivity (Wildman–Crippen MR) is 99.0 cm³/mol. The number of carbonyl (C=O) groups excluding carboxylic acids is 1. The normalized spacial score (nSPS) is 12.9. The van der Waals surface area contributed by atoms with Crippen LogP contribution < -0.4 is 10.6 Å². The van der Waals surface area contributed by atoms with E-state index in [0.717, 1.165) is 12.1 Å². The topological polar surface area (TPSA) is 59.2 Å². The molecule has 4 nitrogen and oxygen atoms in total. The first-order valence-electron chi connectivity index (χ1n) is 8.82. The molecule has 1 aliphatic rings. The van der Waals surface area contributed by atoms with Gasteiger partial charge < -0.3 is 10.6 Å². The van der Waals surface area contributed by atoms with E-state index >= 15 is 0 Å². The van der Waals surface area contributed by atoms with Crippen LogP contribution in [0.1, 0.15) is 27.0 Å². The molecular weight excluding hydrogens is 386 g/mol. The van der Waals surface area contributed by atoms with Gasteiger partial charge in [0.25, 0.3) is 5.91 Å². The molecule has 148 valence electrons. The molecule has 0 fully saturated rings. The summed E-state index contributed by atoms with van der Waals surface area (Å²) in [5.41, 5.74) is 7.31. The van der Waals surface area contributed by atoms with Gasteiger partial charge in [-0.3, -0.25) is 4.79 Å². The number of benzene rings is 2. The fourth-order valence-electron chi connectivity index (χ4n) is 3.63. The van der Waals surface area contributed by atoms with Gasteiger partial charge in [0.05, 0.1) is 5.56 Å². The average Bonchev–Trinajstić information content (AvgIpc) is 3.09. The Balaban J connectivity index is 1.66. The second-order valence-electron chi connectivity index (χ2n) is 6.76.